The van der Waals surface area contributed by atoms with Crippen LogP contribution < -0.4 is 20.3 Å². The van der Waals surface area contributed by atoms with Crippen LogP contribution in [0.3, 0.4) is 0 Å². The van der Waals surface area contributed by atoms with Gasteiger partial charge in [-0.15, -0.1) is 0 Å². The second-order valence-corrected chi connectivity index (χ2v) is 9.38. The van der Waals surface area contributed by atoms with E-state index in [4.69, 9.17) is 24.5 Å². The van der Waals surface area contributed by atoms with Gasteiger partial charge in [0, 0.05) is 50.0 Å². The number of anilines is 1. The quantitative estimate of drug-likeness (QED) is 0.302. The van der Waals surface area contributed by atoms with Crippen molar-refractivity contribution < 1.29 is 50.9 Å². The van der Waals surface area contributed by atoms with E-state index < -0.39 is 24.3 Å². The molecular formula is C27H36F6N4O5. The number of carboxylic acids is 2. The van der Waals surface area contributed by atoms with Crippen molar-refractivity contribution in [2.45, 2.75) is 63.6 Å². The highest BCUT2D eigenvalue weighted by molar-refractivity contribution is 5.73. The van der Waals surface area contributed by atoms with Crippen LogP contribution in [0.15, 0.2) is 36.5 Å². The molecule has 1 aliphatic carbocycles. The molecule has 0 spiro atoms. The first-order valence-corrected chi connectivity index (χ1v) is 12.9. The first kappa shape index (κ1) is 36.4. The van der Waals surface area contributed by atoms with E-state index in [9.17, 15) is 26.3 Å². The molecule has 2 aromatic rings. The van der Waals surface area contributed by atoms with Gasteiger partial charge in [0.15, 0.2) is 0 Å². The number of halogens is 6. The molecule has 1 heterocycles. The number of aromatic nitrogens is 1. The predicted octanol–water partition coefficient (Wildman–Crippen LogP) is 5.10. The number of aliphatic carboxylic acids is 2. The molecule has 1 aliphatic rings. The van der Waals surface area contributed by atoms with Crippen LogP contribution in [0.2, 0.25) is 0 Å². The molecule has 9 nitrogen and oxygen atoms in total. The minimum Gasteiger partial charge on any atom is -0.494 e. The van der Waals surface area contributed by atoms with Gasteiger partial charge in [-0.2, -0.15) is 26.3 Å². The van der Waals surface area contributed by atoms with Crippen molar-refractivity contribution in [1.29, 1.82) is 0 Å². The molecular weight excluding hydrogens is 574 g/mol. The average molecular weight is 611 g/mol. The van der Waals surface area contributed by atoms with Crippen molar-refractivity contribution in [3.05, 3.63) is 42.1 Å². The van der Waals surface area contributed by atoms with Gasteiger partial charge < -0.3 is 30.5 Å². The zero-order valence-corrected chi connectivity index (χ0v) is 23.6. The Balaban J connectivity index is 0.000000522. The van der Waals surface area contributed by atoms with E-state index in [1.165, 1.54) is 36.8 Å². The van der Waals surface area contributed by atoms with Crippen LogP contribution >= 0.6 is 0 Å². The molecule has 1 aromatic heterocycles. The van der Waals surface area contributed by atoms with Gasteiger partial charge >= 0.3 is 24.3 Å². The summed E-state index contributed by atoms with van der Waals surface area (Å²) < 4.78 is 69.4. The molecule has 0 unspecified atom stereocenters. The molecule has 1 fully saturated rings. The highest BCUT2D eigenvalue weighted by Gasteiger charge is 2.38. The van der Waals surface area contributed by atoms with E-state index in [1.54, 1.807) is 0 Å². The fourth-order valence-corrected chi connectivity index (χ4v) is 3.86. The zero-order chi connectivity index (χ0) is 32.1. The summed E-state index contributed by atoms with van der Waals surface area (Å²) in [5.74, 6) is -3.57. The fourth-order valence-electron chi connectivity index (χ4n) is 3.86. The molecule has 236 valence electrons. The molecule has 0 bridgehead atoms. The van der Waals surface area contributed by atoms with Crippen LogP contribution in [0, 0.1) is 0 Å². The molecule has 4 N–H and O–H groups in total. The van der Waals surface area contributed by atoms with E-state index in [0.29, 0.717) is 18.7 Å². The SMILES string of the molecule is CCOc1ccc(-c2ccc(N(C)C)nc2)cc1CNC1CCC(NC)CC1.O=C(O)C(F)(F)F.O=C(O)C(F)(F)F. The largest absolute Gasteiger partial charge is 0.494 e. The molecule has 0 amide bonds. The van der Waals surface area contributed by atoms with Gasteiger partial charge in [0.25, 0.3) is 0 Å². The monoisotopic (exact) mass is 610 g/mol. The average Bonchev–Trinajstić information content (AvgIpc) is 2.92. The Labute approximate surface area is 239 Å². The van der Waals surface area contributed by atoms with Crippen LogP contribution in [-0.2, 0) is 16.1 Å². The van der Waals surface area contributed by atoms with Crippen molar-refractivity contribution >= 4 is 17.8 Å². The summed E-state index contributed by atoms with van der Waals surface area (Å²) in [7, 11) is 6.08. The van der Waals surface area contributed by atoms with Gasteiger partial charge in [-0.25, -0.2) is 14.6 Å². The molecule has 1 aromatic carbocycles. The summed E-state index contributed by atoms with van der Waals surface area (Å²) in [5, 5.41) is 21.4. The van der Waals surface area contributed by atoms with Crippen molar-refractivity contribution in [2.24, 2.45) is 0 Å². The van der Waals surface area contributed by atoms with Gasteiger partial charge in [0.05, 0.1) is 6.61 Å². The van der Waals surface area contributed by atoms with Gasteiger partial charge in [-0.1, -0.05) is 6.07 Å². The second kappa shape index (κ2) is 16.8. The van der Waals surface area contributed by atoms with E-state index in [1.807, 2.05) is 32.1 Å². The second-order valence-electron chi connectivity index (χ2n) is 9.38. The van der Waals surface area contributed by atoms with Crippen LogP contribution in [0.4, 0.5) is 32.2 Å². The Morgan fingerprint density at radius 3 is 1.83 bits per heavy atom. The number of pyridine rings is 1. The van der Waals surface area contributed by atoms with Crippen molar-refractivity contribution in [3.63, 3.8) is 0 Å². The molecule has 0 atom stereocenters. The smallest absolute Gasteiger partial charge is 0.490 e. The molecule has 0 aliphatic heterocycles. The normalized spacial score (nSPS) is 16.7. The number of hydrogen-bond donors (Lipinski definition) is 4. The van der Waals surface area contributed by atoms with Gasteiger partial charge in [0.2, 0.25) is 0 Å². The number of alkyl halides is 6. The van der Waals surface area contributed by atoms with Gasteiger partial charge in [-0.3, -0.25) is 0 Å². The highest BCUT2D eigenvalue weighted by Crippen LogP contribution is 2.28. The minimum atomic E-state index is -5.08. The number of carbonyl (C=O) groups is 2. The standard InChI is InChI=1S/C23H34N4O.2C2HF3O2/c1-5-28-22-12-6-17(18-7-13-23(26-15-18)27(3)4)14-19(22)16-25-21-10-8-20(24-2)9-11-21;2*3-2(4,5)1(6)7/h6-7,12-15,20-21,24-25H,5,8-11,16H2,1-4H3;2*(H,6,7). The molecule has 42 heavy (non-hydrogen) atoms. The topological polar surface area (TPSA) is 124 Å². The van der Waals surface area contributed by atoms with Crippen molar-refractivity contribution in [3.8, 4) is 16.9 Å². The number of ether oxygens (including phenoxy) is 1. The van der Waals surface area contributed by atoms with Gasteiger partial charge in [-0.05, 0) is 69.5 Å². The van der Waals surface area contributed by atoms with E-state index in [-0.39, 0.29) is 0 Å². The maximum Gasteiger partial charge on any atom is 0.490 e. The summed E-state index contributed by atoms with van der Waals surface area (Å²) in [6.45, 7) is 3.55. The summed E-state index contributed by atoms with van der Waals surface area (Å²) in [6.07, 6.45) is -3.27. The third-order valence-electron chi connectivity index (χ3n) is 6.10. The summed E-state index contributed by atoms with van der Waals surface area (Å²) in [4.78, 5) is 24.4. The minimum absolute atomic E-state index is 0.587. The first-order valence-electron chi connectivity index (χ1n) is 12.9. The molecule has 3 rings (SSSR count). The molecule has 15 heteroatoms. The van der Waals surface area contributed by atoms with Gasteiger partial charge in [0.1, 0.15) is 11.6 Å². The summed E-state index contributed by atoms with van der Waals surface area (Å²) in [6, 6.07) is 11.9. The number of carboxylic acid groups (broad SMARTS) is 2. The Hall–Kier alpha value is -3.59. The Kier molecular flexibility index (Phi) is 14.5. The Morgan fingerprint density at radius 2 is 1.43 bits per heavy atom. The fraction of sp³-hybridized carbons (Fsp3) is 0.519. The lowest BCUT2D eigenvalue weighted by molar-refractivity contribution is -0.193. The highest BCUT2D eigenvalue weighted by atomic mass is 19.4. The number of nitrogens with zero attached hydrogens (tertiary/aromatic N) is 2. The van der Waals surface area contributed by atoms with Crippen LogP contribution in [0.5, 0.6) is 5.75 Å². The van der Waals surface area contributed by atoms with Crippen molar-refractivity contribution in [2.75, 3.05) is 32.6 Å². The zero-order valence-electron chi connectivity index (χ0n) is 23.6. The predicted molar refractivity (Wildman–Crippen MR) is 144 cm³/mol. The van der Waals surface area contributed by atoms with E-state index in [0.717, 1.165) is 23.7 Å². The molecule has 1 saturated carbocycles. The number of rotatable bonds is 8. The van der Waals surface area contributed by atoms with E-state index >= 15 is 0 Å². The summed E-state index contributed by atoms with van der Waals surface area (Å²) in [5.41, 5.74) is 3.52. The number of nitrogens with one attached hydrogen (secondary N) is 2. The molecule has 0 radical (unpaired) electrons. The first-order chi connectivity index (χ1) is 19.5. The maximum absolute atomic E-state index is 10.6. The lowest BCUT2D eigenvalue weighted by atomic mass is 9.91. The molecule has 0 saturated heterocycles. The lowest BCUT2D eigenvalue weighted by Gasteiger charge is -2.29. The third kappa shape index (κ3) is 12.9. The van der Waals surface area contributed by atoms with Crippen molar-refractivity contribution in [1.82, 2.24) is 15.6 Å². The maximum atomic E-state index is 10.6. The Bertz CT molecular complexity index is 1100. The number of hydrogen-bond acceptors (Lipinski definition) is 7. The lowest BCUT2D eigenvalue weighted by Crippen LogP contribution is -2.38. The van der Waals surface area contributed by atoms with Crippen LogP contribution in [-0.4, -0.2) is 79.3 Å². The third-order valence-corrected chi connectivity index (χ3v) is 6.10. The number of benzene rings is 1. The Morgan fingerprint density at radius 1 is 0.929 bits per heavy atom. The van der Waals surface area contributed by atoms with Crippen LogP contribution in [0.25, 0.3) is 11.1 Å². The van der Waals surface area contributed by atoms with E-state index in [2.05, 4.69) is 53.0 Å². The summed E-state index contributed by atoms with van der Waals surface area (Å²) >= 11 is 0. The van der Waals surface area contributed by atoms with Crippen LogP contribution in [0.1, 0.15) is 38.2 Å².